The van der Waals surface area contributed by atoms with E-state index in [2.05, 4.69) is 5.32 Å². The Hall–Kier alpha value is -4.52. The number of carboxylic acid groups (broad SMARTS) is 1. The predicted octanol–water partition coefficient (Wildman–Crippen LogP) is 7.29. The number of aliphatic carboxylic acids is 1. The Morgan fingerprint density at radius 2 is 1.87 bits per heavy atom. The number of aryl methyl sites for hydroxylation is 1. The van der Waals surface area contributed by atoms with Crippen molar-refractivity contribution in [2.75, 3.05) is 18.6 Å². The molecule has 4 aromatic rings. The number of carboxylic acids is 1. The molecule has 2 N–H and O–H groups in total. The number of thiazole rings is 1. The molecule has 0 saturated carbocycles. The van der Waals surface area contributed by atoms with Crippen molar-refractivity contribution in [3.05, 3.63) is 99.4 Å². The van der Waals surface area contributed by atoms with Crippen molar-refractivity contribution in [2.45, 2.75) is 44.5 Å². The van der Waals surface area contributed by atoms with Crippen LogP contribution in [0.3, 0.4) is 0 Å². The summed E-state index contributed by atoms with van der Waals surface area (Å²) in [5.41, 5.74) is 0.691. The van der Waals surface area contributed by atoms with E-state index in [4.69, 9.17) is 14.8 Å². The van der Waals surface area contributed by atoms with Gasteiger partial charge in [-0.3, -0.25) is 9.59 Å². The van der Waals surface area contributed by atoms with Crippen LogP contribution in [0.4, 0.5) is 27.1 Å². The maximum Gasteiger partial charge on any atom is 0.416 e. The molecule has 2 heterocycles. The van der Waals surface area contributed by atoms with Crippen LogP contribution in [-0.4, -0.2) is 35.6 Å². The third kappa shape index (κ3) is 7.42. The Morgan fingerprint density at radius 1 is 1.11 bits per heavy atom. The fraction of sp³-hybridized carbons (Fsp3) is 0.281. The molecule has 1 aliphatic rings. The molecular formula is C32H28F5N3O4S. The molecule has 1 amide bonds. The molecule has 0 aliphatic carbocycles. The number of halogens is 5. The molecule has 5 rings (SSSR count). The SMILES string of the molecule is COc1cccc2c1-c1csc(n1)N(Cc1ccc(C(=O)NCCC(=O)O)cc1)Cc1cc(C(F)(F)F)cc(c1)C(F)(F)CC2. The first-order valence-electron chi connectivity index (χ1n) is 13.9. The number of anilines is 1. The first kappa shape index (κ1) is 31.9. The number of alkyl halides is 5. The zero-order valence-electron chi connectivity index (χ0n) is 24.0. The number of hydrogen-bond donors (Lipinski definition) is 2. The maximum absolute atomic E-state index is 15.6. The molecule has 3 aromatic carbocycles. The fourth-order valence-corrected chi connectivity index (χ4v) is 5.96. The summed E-state index contributed by atoms with van der Waals surface area (Å²) in [6.07, 6.45) is -5.91. The summed E-state index contributed by atoms with van der Waals surface area (Å²) in [4.78, 5) is 29.6. The standard InChI is InChI=1S/C32H28F5N3O4S/c1-44-26-4-2-3-21-9-11-31(33,34)23-13-20(14-24(15-23)32(35,36)37)17-40(30-39-25(18-45-30)28(21)26)16-19-5-7-22(8-6-19)29(43)38-12-10-27(41)42/h2-8,13-15,18H,9-12,16-17H2,1H3,(H,38,43)(H,41,42). The largest absolute Gasteiger partial charge is 0.496 e. The zero-order valence-corrected chi connectivity index (χ0v) is 24.8. The number of nitrogens with one attached hydrogen (secondary N) is 1. The summed E-state index contributed by atoms with van der Waals surface area (Å²) >= 11 is 1.26. The minimum atomic E-state index is -4.84. The molecular weight excluding hydrogens is 617 g/mol. The van der Waals surface area contributed by atoms with Gasteiger partial charge < -0.3 is 20.1 Å². The summed E-state index contributed by atoms with van der Waals surface area (Å²) in [6, 6.07) is 14.0. The molecule has 7 nitrogen and oxygen atoms in total. The van der Waals surface area contributed by atoms with Crippen LogP contribution in [0.15, 0.2) is 66.0 Å². The Kier molecular flexibility index (Phi) is 9.10. The van der Waals surface area contributed by atoms with Crippen molar-refractivity contribution in [3.8, 4) is 17.0 Å². The average molecular weight is 646 g/mol. The fourth-order valence-electron chi connectivity index (χ4n) is 5.14. The number of benzene rings is 3. The van der Waals surface area contributed by atoms with Gasteiger partial charge in [0.15, 0.2) is 5.13 Å². The van der Waals surface area contributed by atoms with E-state index in [1.807, 2.05) is 0 Å². The number of hydrogen-bond acceptors (Lipinski definition) is 6. The van der Waals surface area contributed by atoms with Crippen LogP contribution in [0.25, 0.3) is 11.3 Å². The van der Waals surface area contributed by atoms with Crippen molar-refractivity contribution < 1.29 is 41.4 Å². The lowest BCUT2D eigenvalue weighted by Crippen LogP contribution is -2.26. The van der Waals surface area contributed by atoms with Gasteiger partial charge in [0.2, 0.25) is 0 Å². The number of nitrogens with zero attached hydrogens (tertiary/aromatic N) is 2. The highest BCUT2D eigenvalue weighted by Gasteiger charge is 2.37. The highest BCUT2D eigenvalue weighted by atomic mass is 32.1. The van der Waals surface area contributed by atoms with Crippen LogP contribution >= 0.6 is 11.3 Å². The molecule has 0 radical (unpaired) electrons. The van der Waals surface area contributed by atoms with E-state index >= 15 is 8.78 Å². The highest BCUT2D eigenvalue weighted by molar-refractivity contribution is 7.14. The number of carbonyl (C=O) groups excluding carboxylic acids is 1. The Labute approximate surface area is 259 Å². The smallest absolute Gasteiger partial charge is 0.416 e. The Bertz CT molecular complexity index is 1710. The summed E-state index contributed by atoms with van der Waals surface area (Å²) in [7, 11) is 1.46. The molecule has 0 atom stereocenters. The molecule has 1 aromatic heterocycles. The van der Waals surface area contributed by atoms with E-state index in [-0.39, 0.29) is 38.0 Å². The van der Waals surface area contributed by atoms with E-state index in [9.17, 15) is 22.8 Å². The van der Waals surface area contributed by atoms with Gasteiger partial charge in [0, 0.05) is 48.1 Å². The summed E-state index contributed by atoms with van der Waals surface area (Å²) in [5, 5.41) is 13.5. The van der Waals surface area contributed by atoms with Gasteiger partial charge in [0.25, 0.3) is 11.8 Å². The van der Waals surface area contributed by atoms with Gasteiger partial charge in [0.05, 0.1) is 24.8 Å². The van der Waals surface area contributed by atoms with Crippen LogP contribution in [0, 0.1) is 0 Å². The molecule has 13 heteroatoms. The third-order valence-electron chi connectivity index (χ3n) is 7.39. The van der Waals surface area contributed by atoms with Crippen molar-refractivity contribution in [3.63, 3.8) is 0 Å². The normalized spacial score (nSPS) is 14.4. The second-order valence-corrected chi connectivity index (χ2v) is 11.4. The monoisotopic (exact) mass is 645 g/mol. The average Bonchev–Trinajstić information content (AvgIpc) is 3.48. The molecule has 236 valence electrons. The van der Waals surface area contributed by atoms with Gasteiger partial charge in [-0.1, -0.05) is 24.3 Å². The number of rotatable bonds is 7. The van der Waals surface area contributed by atoms with E-state index in [1.165, 1.54) is 18.4 Å². The minimum Gasteiger partial charge on any atom is -0.496 e. The van der Waals surface area contributed by atoms with E-state index in [0.717, 1.165) is 12.1 Å². The number of ether oxygens (including phenoxy) is 1. The van der Waals surface area contributed by atoms with Crippen molar-refractivity contribution in [1.82, 2.24) is 10.3 Å². The topological polar surface area (TPSA) is 91.8 Å². The predicted molar refractivity (Wildman–Crippen MR) is 159 cm³/mol. The van der Waals surface area contributed by atoms with Crippen molar-refractivity contribution >= 4 is 28.3 Å². The van der Waals surface area contributed by atoms with Crippen LogP contribution in [0.1, 0.15) is 51.0 Å². The summed E-state index contributed by atoms with van der Waals surface area (Å²) < 4.78 is 78.5. The highest BCUT2D eigenvalue weighted by Crippen LogP contribution is 2.42. The zero-order chi connectivity index (χ0) is 32.4. The lowest BCUT2D eigenvalue weighted by Gasteiger charge is -2.24. The van der Waals surface area contributed by atoms with Gasteiger partial charge in [-0.15, -0.1) is 11.3 Å². The Balaban J connectivity index is 1.56. The first-order valence-corrected chi connectivity index (χ1v) is 14.8. The number of aromatic nitrogens is 1. The second-order valence-electron chi connectivity index (χ2n) is 10.6. The molecule has 0 saturated heterocycles. The van der Waals surface area contributed by atoms with Crippen LogP contribution in [0.2, 0.25) is 0 Å². The Morgan fingerprint density at radius 3 is 2.56 bits per heavy atom. The summed E-state index contributed by atoms with van der Waals surface area (Å²) in [6.45, 7) is -0.0627. The molecule has 0 unspecified atom stereocenters. The molecule has 0 spiro atoms. The number of amides is 1. The first-order chi connectivity index (χ1) is 21.3. The quantitative estimate of drug-likeness (QED) is 0.205. The van der Waals surface area contributed by atoms with Gasteiger partial charge in [-0.25, -0.2) is 13.8 Å². The lowest BCUT2D eigenvalue weighted by molar-refractivity contribution is -0.138. The molecule has 45 heavy (non-hydrogen) atoms. The minimum absolute atomic E-state index is 0.0397. The maximum atomic E-state index is 15.6. The van der Waals surface area contributed by atoms with E-state index < -0.39 is 41.5 Å². The van der Waals surface area contributed by atoms with Gasteiger partial charge >= 0.3 is 12.1 Å². The lowest BCUT2D eigenvalue weighted by atomic mass is 9.94. The van der Waals surface area contributed by atoms with E-state index in [1.54, 1.807) is 52.7 Å². The third-order valence-corrected chi connectivity index (χ3v) is 8.29. The van der Waals surface area contributed by atoms with Crippen LogP contribution in [-0.2, 0) is 36.4 Å². The molecule has 1 aliphatic heterocycles. The van der Waals surface area contributed by atoms with Gasteiger partial charge in [-0.2, -0.15) is 13.2 Å². The number of methoxy groups -OCH3 is 1. The van der Waals surface area contributed by atoms with Crippen molar-refractivity contribution in [1.29, 1.82) is 0 Å². The van der Waals surface area contributed by atoms with Gasteiger partial charge in [0.1, 0.15) is 5.75 Å². The molecule has 0 fully saturated rings. The van der Waals surface area contributed by atoms with Gasteiger partial charge in [-0.05, 0) is 59.5 Å². The van der Waals surface area contributed by atoms with Crippen molar-refractivity contribution in [2.24, 2.45) is 0 Å². The number of carbonyl (C=O) groups is 2. The summed E-state index contributed by atoms with van der Waals surface area (Å²) in [5.74, 6) is -4.62. The second kappa shape index (κ2) is 12.8. The van der Waals surface area contributed by atoms with Crippen LogP contribution < -0.4 is 15.0 Å². The molecule has 4 bridgehead atoms. The van der Waals surface area contributed by atoms with Crippen LogP contribution in [0.5, 0.6) is 5.75 Å². The number of fused-ring (bicyclic) bond motifs is 6. The van der Waals surface area contributed by atoms with E-state index in [0.29, 0.717) is 44.9 Å².